The van der Waals surface area contributed by atoms with Crippen LogP contribution < -0.4 is 10.2 Å². The molecule has 0 aliphatic heterocycles. The minimum atomic E-state index is 0.909. The fourth-order valence-electron chi connectivity index (χ4n) is 3.99. The number of aromatic nitrogens is 1. The Hall–Kier alpha value is -1.25. The van der Waals surface area contributed by atoms with E-state index in [4.69, 9.17) is 0 Å². The molecule has 3 nitrogen and oxygen atoms in total. The Labute approximate surface area is 116 Å². The molecule has 0 spiro atoms. The van der Waals surface area contributed by atoms with Gasteiger partial charge in [0, 0.05) is 20.1 Å². The molecule has 2 saturated carbocycles. The van der Waals surface area contributed by atoms with Gasteiger partial charge in [0.2, 0.25) is 0 Å². The Morgan fingerprint density at radius 3 is 2.89 bits per heavy atom. The van der Waals surface area contributed by atoms with Gasteiger partial charge in [0.1, 0.15) is 0 Å². The van der Waals surface area contributed by atoms with E-state index in [1.165, 1.54) is 37.9 Å². The van der Waals surface area contributed by atoms with Crippen molar-refractivity contribution in [2.75, 3.05) is 30.4 Å². The molecule has 2 aliphatic carbocycles. The minimum absolute atomic E-state index is 0.909. The molecule has 1 N–H and O–H groups in total. The van der Waals surface area contributed by atoms with Crippen molar-refractivity contribution in [3.63, 3.8) is 0 Å². The molecule has 0 amide bonds. The molecule has 104 valence electrons. The maximum Gasteiger partial charge on any atom is 0.0570 e. The molecule has 2 bridgehead atoms. The van der Waals surface area contributed by atoms with Crippen molar-refractivity contribution in [2.24, 2.45) is 17.8 Å². The molecule has 3 atom stereocenters. The SMILES string of the molecule is CCNc1cncc(N(C)CC2CC3CCC2C3)c1. The Balaban J connectivity index is 1.63. The second-order valence-electron chi connectivity index (χ2n) is 6.28. The number of hydrogen-bond acceptors (Lipinski definition) is 3. The zero-order chi connectivity index (χ0) is 13.2. The summed E-state index contributed by atoms with van der Waals surface area (Å²) in [6.07, 6.45) is 9.79. The number of nitrogens with one attached hydrogen (secondary N) is 1. The molecule has 1 heterocycles. The first-order chi connectivity index (χ1) is 9.26. The van der Waals surface area contributed by atoms with Gasteiger partial charge in [0.25, 0.3) is 0 Å². The molecule has 2 fully saturated rings. The molecule has 1 aromatic heterocycles. The summed E-state index contributed by atoms with van der Waals surface area (Å²) in [7, 11) is 2.21. The number of rotatable bonds is 5. The van der Waals surface area contributed by atoms with Gasteiger partial charge in [-0.3, -0.25) is 4.98 Å². The molecular formula is C16H25N3. The fraction of sp³-hybridized carbons (Fsp3) is 0.688. The maximum absolute atomic E-state index is 4.34. The number of nitrogens with zero attached hydrogens (tertiary/aromatic N) is 2. The van der Waals surface area contributed by atoms with Gasteiger partial charge in [-0.25, -0.2) is 0 Å². The van der Waals surface area contributed by atoms with Crippen LogP contribution in [0.15, 0.2) is 18.5 Å². The molecule has 0 aromatic carbocycles. The third kappa shape index (κ3) is 2.70. The molecule has 3 unspecified atom stereocenters. The summed E-state index contributed by atoms with van der Waals surface area (Å²) in [6, 6.07) is 2.21. The smallest absolute Gasteiger partial charge is 0.0570 e. The van der Waals surface area contributed by atoms with Crippen molar-refractivity contribution >= 4 is 11.4 Å². The van der Waals surface area contributed by atoms with E-state index in [-0.39, 0.29) is 0 Å². The van der Waals surface area contributed by atoms with Crippen LogP contribution in [0.1, 0.15) is 32.6 Å². The van der Waals surface area contributed by atoms with Gasteiger partial charge in [-0.1, -0.05) is 6.42 Å². The van der Waals surface area contributed by atoms with Crippen molar-refractivity contribution in [1.82, 2.24) is 4.98 Å². The molecule has 2 aliphatic rings. The third-order valence-electron chi connectivity index (χ3n) is 4.94. The van der Waals surface area contributed by atoms with Crippen molar-refractivity contribution in [2.45, 2.75) is 32.6 Å². The lowest BCUT2D eigenvalue weighted by molar-refractivity contribution is 0.337. The number of anilines is 2. The highest BCUT2D eigenvalue weighted by molar-refractivity contribution is 5.55. The maximum atomic E-state index is 4.34. The van der Waals surface area contributed by atoms with Gasteiger partial charge >= 0.3 is 0 Å². The van der Waals surface area contributed by atoms with Crippen LogP contribution in [-0.2, 0) is 0 Å². The summed E-state index contributed by atoms with van der Waals surface area (Å²) in [5, 5.41) is 3.33. The van der Waals surface area contributed by atoms with Crippen LogP contribution in [0.2, 0.25) is 0 Å². The number of pyridine rings is 1. The van der Waals surface area contributed by atoms with Crippen LogP contribution in [0, 0.1) is 17.8 Å². The normalized spacial score (nSPS) is 28.6. The van der Waals surface area contributed by atoms with Crippen LogP contribution in [0.3, 0.4) is 0 Å². The lowest BCUT2D eigenvalue weighted by Gasteiger charge is -2.28. The van der Waals surface area contributed by atoms with E-state index < -0.39 is 0 Å². The molecule has 3 heteroatoms. The summed E-state index contributed by atoms with van der Waals surface area (Å²) in [6.45, 7) is 4.26. The summed E-state index contributed by atoms with van der Waals surface area (Å²) in [5.74, 6) is 2.94. The highest BCUT2D eigenvalue weighted by Crippen LogP contribution is 2.48. The highest BCUT2D eigenvalue weighted by atomic mass is 15.1. The quantitative estimate of drug-likeness (QED) is 0.878. The Morgan fingerprint density at radius 2 is 2.21 bits per heavy atom. The van der Waals surface area contributed by atoms with Crippen LogP contribution in [0.5, 0.6) is 0 Å². The summed E-state index contributed by atoms with van der Waals surface area (Å²) in [5.41, 5.74) is 2.36. The van der Waals surface area contributed by atoms with Crippen LogP contribution in [0.4, 0.5) is 11.4 Å². The Morgan fingerprint density at radius 1 is 1.32 bits per heavy atom. The lowest BCUT2D eigenvalue weighted by atomic mass is 9.88. The number of fused-ring (bicyclic) bond motifs is 2. The van der Waals surface area contributed by atoms with Crippen molar-refractivity contribution in [1.29, 1.82) is 0 Å². The highest BCUT2D eigenvalue weighted by Gasteiger charge is 2.39. The van der Waals surface area contributed by atoms with Crippen LogP contribution >= 0.6 is 0 Å². The van der Waals surface area contributed by atoms with Gasteiger partial charge in [-0.15, -0.1) is 0 Å². The van der Waals surface area contributed by atoms with E-state index in [0.717, 1.165) is 30.0 Å². The second kappa shape index (κ2) is 5.40. The van der Waals surface area contributed by atoms with E-state index in [1.807, 2.05) is 12.4 Å². The molecule has 1 aromatic rings. The van der Waals surface area contributed by atoms with Gasteiger partial charge in [-0.2, -0.15) is 0 Å². The number of hydrogen-bond donors (Lipinski definition) is 1. The topological polar surface area (TPSA) is 28.2 Å². The molecule has 3 rings (SSSR count). The fourth-order valence-corrected chi connectivity index (χ4v) is 3.99. The van der Waals surface area contributed by atoms with E-state index >= 15 is 0 Å². The molecule has 0 radical (unpaired) electrons. The second-order valence-corrected chi connectivity index (χ2v) is 6.28. The molecular weight excluding hydrogens is 234 g/mol. The van der Waals surface area contributed by atoms with Gasteiger partial charge in [-0.05, 0) is 50.0 Å². The standard InChI is InChI=1S/C16H25N3/c1-3-18-15-8-16(10-17-9-15)19(2)11-14-7-12-4-5-13(14)6-12/h8-10,12-14,18H,3-7,11H2,1-2H3. The van der Waals surface area contributed by atoms with Crippen molar-refractivity contribution < 1.29 is 0 Å². The first-order valence-corrected chi connectivity index (χ1v) is 7.66. The van der Waals surface area contributed by atoms with Gasteiger partial charge in [0.15, 0.2) is 0 Å². The predicted octanol–water partition coefficient (Wildman–Crippen LogP) is 3.39. The van der Waals surface area contributed by atoms with E-state index in [1.54, 1.807) is 0 Å². The average molecular weight is 259 g/mol. The minimum Gasteiger partial charge on any atom is -0.384 e. The summed E-state index contributed by atoms with van der Waals surface area (Å²) < 4.78 is 0. The van der Waals surface area contributed by atoms with Crippen LogP contribution in [-0.4, -0.2) is 25.1 Å². The molecule has 19 heavy (non-hydrogen) atoms. The van der Waals surface area contributed by atoms with Crippen molar-refractivity contribution in [3.8, 4) is 0 Å². The summed E-state index contributed by atoms with van der Waals surface area (Å²) in [4.78, 5) is 6.73. The largest absolute Gasteiger partial charge is 0.384 e. The van der Waals surface area contributed by atoms with Gasteiger partial charge < -0.3 is 10.2 Å². The molecule has 0 saturated heterocycles. The van der Waals surface area contributed by atoms with Crippen LogP contribution in [0.25, 0.3) is 0 Å². The monoisotopic (exact) mass is 259 g/mol. The lowest BCUT2D eigenvalue weighted by Crippen LogP contribution is -2.28. The third-order valence-corrected chi connectivity index (χ3v) is 4.94. The van der Waals surface area contributed by atoms with Gasteiger partial charge in [0.05, 0.1) is 23.8 Å². The predicted molar refractivity (Wildman–Crippen MR) is 80.6 cm³/mol. The summed E-state index contributed by atoms with van der Waals surface area (Å²) >= 11 is 0. The average Bonchev–Trinajstić information content (AvgIpc) is 3.02. The van der Waals surface area contributed by atoms with Crippen molar-refractivity contribution in [3.05, 3.63) is 18.5 Å². The first kappa shape index (κ1) is 12.8. The van der Waals surface area contributed by atoms with E-state index in [9.17, 15) is 0 Å². The van der Waals surface area contributed by atoms with E-state index in [0.29, 0.717) is 0 Å². The van der Waals surface area contributed by atoms with E-state index in [2.05, 4.69) is 35.2 Å². The zero-order valence-corrected chi connectivity index (χ0v) is 12.1. The Bertz CT molecular complexity index is 432. The zero-order valence-electron chi connectivity index (χ0n) is 12.1. The first-order valence-electron chi connectivity index (χ1n) is 7.66. The Kier molecular flexibility index (Phi) is 3.63.